The van der Waals surface area contributed by atoms with Crippen molar-refractivity contribution in [2.75, 3.05) is 6.61 Å². The summed E-state index contributed by atoms with van der Waals surface area (Å²) in [5.74, 6) is 5.50. The Bertz CT molecular complexity index is 375. The lowest BCUT2D eigenvalue weighted by molar-refractivity contribution is -0.121. The molecule has 4 nitrogen and oxygen atoms in total. The maximum atomic E-state index is 10.9. The van der Waals surface area contributed by atoms with E-state index in [1.165, 1.54) is 0 Å². The quantitative estimate of drug-likeness (QED) is 0.449. The Morgan fingerprint density at radius 2 is 2.25 bits per heavy atom. The lowest BCUT2D eigenvalue weighted by atomic mass is 10.2. The number of benzene rings is 1. The van der Waals surface area contributed by atoms with Crippen molar-refractivity contribution < 1.29 is 9.53 Å². The highest BCUT2D eigenvalue weighted by atomic mass is 16.5. The smallest absolute Gasteiger partial charge is 0.237 e. The summed E-state index contributed by atoms with van der Waals surface area (Å²) in [6.07, 6.45) is 4.15. The van der Waals surface area contributed by atoms with Gasteiger partial charge in [0.15, 0.2) is 0 Å². The maximum absolute atomic E-state index is 10.9. The first-order chi connectivity index (χ1) is 7.77. The van der Waals surface area contributed by atoms with Gasteiger partial charge < -0.3 is 4.74 Å². The molecular formula is C12H16N2O2. The van der Waals surface area contributed by atoms with Crippen LogP contribution < -0.4 is 16.0 Å². The Hall–Kier alpha value is -1.81. The maximum Gasteiger partial charge on any atom is 0.237 e. The molecule has 0 saturated heterocycles. The number of carbonyl (C=O) groups excluding carboxylic acids is 1. The molecule has 1 aromatic carbocycles. The summed E-state index contributed by atoms with van der Waals surface area (Å²) in [6.45, 7) is 2.26. The van der Waals surface area contributed by atoms with E-state index in [1.807, 2.05) is 43.3 Å². The molecule has 1 amide bonds. The molecule has 0 spiro atoms. The average molecular weight is 220 g/mol. The molecular weight excluding hydrogens is 204 g/mol. The number of carbonyl (C=O) groups is 1. The molecule has 0 heterocycles. The molecule has 1 aromatic rings. The number of hydrogen-bond acceptors (Lipinski definition) is 3. The number of rotatable bonds is 5. The lowest BCUT2D eigenvalue weighted by Gasteiger charge is -2.08. The van der Waals surface area contributed by atoms with Gasteiger partial charge in [-0.25, -0.2) is 5.84 Å². The van der Waals surface area contributed by atoms with Crippen molar-refractivity contribution in [1.82, 2.24) is 5.43 Å². The Morgan fingerprint density at radius 1 is 1.50 bits per heavy atom. The van der Waals surface area contributed by atoms with Gasteiger partial charge in [0, 0.05) is 5.56 Å². The summed E-state index contributed by atoms with van der Waals surface area (Å²) in [5, 5.41) is 0. The fourth-order valence-electron chi connectivity index (χ4n) is 1.26. The Kier molecular flexibility index (Phi) is 5.08. The van der Waals surface area contributed by atoms with Crippen molar-refractivity contribution in [2.45, 2.75) is 13.3 Å². The van der Waals surface area contributed by atoms with E-state index in [2.05, 4.69) is 5.43 Å². The van der Waals surface area contributed by atoms with Gasteiger partial charge >= 0.3 is 0 Å². The van der Waals surface area contributed by atoms with Crippen molar-refractivity contribution in [3.63, 3.8) is 0 Å². The molecule has 0 aliphatic rings. The van der Waals surface area contributed by atoms with Crippen molar-refractivity contribution in [3.8, 4) is 5.75 Å². The van der Waals surface area contributed by atoms with Crippen molar-refractivity contribution in [2.24, 2.45) is 5.84 Å². The second-order valence-corrected chi connectivity index (χ2v) is 3.20. The molecule has 3 N–H and O–H groups in total. The molecule has 0 atom stereocenters. The highest BCUT2D eigenvalue weighted by Gasteiger charge is 2.01. The normalized spacial score (nSPS) is 10.4. The van der Waals surface area contributed by atoms with Crippen LogP contribution in [0.25, 0.3) is 6.08 Å². The molecule has 0 saturated carbocycles. The van der Waals surface area contributed by atoms with Crippen LogP contribution in [0.3, 0.4) is 0 Å². The largest absolute Gasteiger partial charge is 0.492 e. The number of allylic oxidation sites excluding steroid dienone is 1. The van der Waals surface area contributed by atoms with Crippen LogP contribution in [0.1, 0.15) is 18.9 Å². The molecule has 1 rings (SSSR count). The van der Waals surface area contributed by atoms with E-state index >= 15 is 0 Å². The summed E-state index contributed by atoms with van der Waals surface area (Å²) in [4.78, 5) is 10.9. The predicted molar refractivity (Wildman–Crippen MR) is 63.6 cm³/mol. The van der Waals surface area contributed by atoms with Gasteiger partial charge in [0.05, 0.1) is 13.0 Å². The number of amides is 1. The van der Waals surface area contributed by atoms with Gasteiger partial charge in [-0.1, -0.05) is 30.4 Å². The van der Waals surface area contributed by atoms with Crippen LogP contribution in [0.5, 0.6) is 5.75 Å². The first kappa shape index (κ1) is 12.3. The third kappa shape index (κ3) is 3.74. The van der Waals surface area contributed by atoms with Gasteiger partial charge in [-0.05, 0) is 13.0 Å². The van der Waals surface area contributed by atoms with Gasteiger partial charge in [0.2, 0.25) is 5.91 Å². The van der Waals surface area contributed by atoms with Gasteiger partial charge in [0.1, 0.15) is 5.75 Å². The molecule has 16 heavy (non-hydrogen) atoms. The third-order valence-electron chi connectivity index (χ3n) is 2.01. The molecule has 86 valence electrons. The van der Waals surface area contributed by atoms with Crippen LogP contribution >= 0.6 is 0 Å². The molecule has 0 fully saturated rings. The van der Waals surface area contributed by atoms with E-state index in [1.54, 1.807) is 0 Å². The number of hydrazine groups is 1. The Labute approximate surface area is 95.1 Å². The minimum absolute atomic E-state index is 0.233. The van der Waals surface area contributed by atoms with Gasteiger partial charge in [0.25, 0.3) is 0 Å². The van der Waals surface area contributed by atoms with E-state index in [-0.39, 0.29) is 12.3 Å². The van der Waals surface area contributed by atoms with Crippen LogP contribution in [0.15, 0.2) is 30.3 Å². The number of nitrogens with one attached hydrogen (secondary N) is 1. The minimum Gasteiger partial charge on any atom is -0.492 e. The molecule has 0 aliphatic carbocycles. The second kappa shape index (κ2) is 6.63. The highest BCUT2D eigenvalue weighted by Crippen LogP contribution is 2.19. The van der Waals surface area contributed by atoms with Crippen LogP contribution in [0.2, 0.25) is 0 Å². The number of ether oxygens (including phenoxy) is 1. The number of nitrogens with two attached hydrogens (primary N) is 1. The summed E-state index contributed by atoms with van der Waals surface area (Å²) >= 11 is 0. The zero-order chi connectivity index (χ0) is 11.8. The van der Waals surface area contributed by atoms with E-state index in [4.69, 9.17) is 10.6 Å². The van der Waals surface area contributed by atoms with Gasteiger partial charge in [-0.2, -0.15) is 0 Å². The molecule has 0 unspecified atom stereocenters. The van der Waals surface area contributed by atoms with Crippen LogP contribution in [-0.4, -0.2) is 12.5 Å². The van der Waals surface area contributed by atoms with E-state index in [0.29, 0.717) is 6.61 Å². The Balaban J connectivity index is 2.56. The first-order valence-electron chi connectivity index (χ1n) is 5.12. The molecule has 0 aliphatic heterocycles. The van der Waals surface area contributed by atoms with Gasteiger partial charge in [-0.15, -0.1) is 0 Å². The van der Waals surface area contributed by atoms with E-state index in [0.717, 1.165) is 11.3 Å². The zero-order valence-electron chi connectivity index (χ0n) is 9.27. The van der Waals surface area contributed by atoms with Crippen molar-refractivity contribution >= 4 is 12.0 Å². The third-order valence-corrected chi connectivity index (χ3v) is 2.01. The number of para-hydroxylation sites is 1. The molecule has 0 radical (unpaired) electrons. The van der Waals surface area contributed by atoms with E-state index < -0.39 is 0 Å². The van der Waals surface area contributed by atoms with Crippen LogP contribution in [0.4, 0.5) is 0 Å². The summed E-state index contributed by atoms with van der Waals surface area (Å²) < 4.78 is 5.49. The van der Waals surface area contributed by atoms with Crippen molar-refractivity contribution in [1.29, 1.82) is 0 Å². The van der Waals surface area contributed by atoms with Crippen molar-refractivity contribution in [3.05, 3.63) is 35.9 Å². The lowest BCUT2D eigenvalue weighted by Crippen LogP contribution is -2.31. The standard InChI is InChI=1S/C12H16N2O2/c1-2-5-10-6-3-4-7-11(10)16-9-8-12(15)14-13/h2-7H,8-9,13H2,1H3,(H,14,15). The Morgan fingerprint density at radius 3 is 2.94 bits per heavy atom. The monoisotopic (exact) mass is 220 g/mol. The number of hydrogen-bond donors (Lipinski definition) is 2. The topological polar surface area (TPSA) is 64.3 Å². The first-order valence-corrected chi connectivity index (χ1v) is 5.12. The predicted octanol–water partition coefficient (Wildman–Crippen LogP) is 1.48. The summed E-state index contributed by atoms with van der Waals surface area (Å²) in [6, 6.07) is 7.66. The van der Waals surface area contributed by atoms with Gasteiger partial charge in [-0.3, -0.25) is 10.2 Å². The minimum atomic E-state index is -0.233. The molecule has 4 heteroatoms. The summed E-state index contributed by atoms with van der Waals surface area (Å²) in [5.41, 5.74) is 3.06. The fraction of sp³-hybridized carbons (Fsp3) is 0.250. The summed E-state index contributed by atoms with van der Waals surface area (Å²) in [7, 11) is 0. The SMILES string of the molecule is CC=Cc1ccccc1OCCC(=O)NN. The second-order valence-electron chi connectivity index (χ2n) is 3.20. The van der Waals surface area contributed by atoms with Crippen LogP contribution in [-0.2, 0) is 4.79 Å². The van der Waals surface area contributed by atoms with E-state index in [9.17, 15) is 4.79 Å². The molecule has 0 bridgehead atoms. The zero-order valence-corrected chi connectivity index (χ0v) is 9.27. The van der Waals surface area contributed by atoms with Crippen LogP contribution in [0, 0.1) is 0 Å². The molecule has 0 aromatic heterocycles. The highest BCUT2D eigenvalue weighted by molar-refractivity contribution is 5.75. The fourth-order valence-corrected chi connectivity index (χ4v) is 1.26. The average Bonchev–Trinajstić information content (AvgIpc) is 2.31.